The van der Waals surface area contributed by atoms with E-state index in [4.69, 9.17) is 25.5 Å². The zero-order chi connectivity index (χ0) is 39.8. The molecule has 1 amide bonds. The Morgan fingerprint density at radius 2 is 1.89 bits per heavy atom. The summed E-state index contributed by atoms with van der Waals surface area (Å²) in [5, 5.41) is 16.1. The van der Waals surface area contributed by atoms with E-state index in [1.54, 1.807) is 19.2 Å². The number of halogens is 1. The van der Waals surface area contributed by atoms with E-state index in [0.717, 1.165) is 79.6 Å². The van der Waals surface area contributed by atoms with E-state index in [-0.39, 0.29) is 33.8 Å². The molecule has 2 unspecified atom stereocenters. The molecule has 6 N–H and O–H groups in total. The number of nitrogens with one attached hydrogen (secondary N) is 1. The van der Waals surface area contributed by atoms with Crippen LogP contribution in [0.25, 0.3) is 5.70 Å². The van der Waals surface area contributed by atoms with Gasteiger partial charge in [0.1, 0.15) is 17.2 Å². The van der Waals surface area contributed by atoms with Gasteiger partial charge < -0.3 is 30.8 Å². The van der Waals surface area contributed by atoms with Crippen molar-refractivity contribution in [3.8, 4) is 16.9 Å². The van der Waals surface area contributed by atoms with E-state index >= 15 is 0 Å². The molecule has 1 fully saturated rings. The van der Waals surface area contributed by atoms with Crippen molar-refractivity contribution in [3.63, 3.8) is 0 Å². The number of aliphatic imine (C=N–C) groups is 2. The second-order valence-corrected chi connectivity index (χ2v) is 17.1. The Kier molecular flexibility index (Phi) is 19.7. The van der Waals surface area contributed by atoms with Crippen LogP contribution in [0.4, 0.5) is 4.79 Å². The molecule has 1 aromatic carbocycles. The summed E-state index contributed by atoms with van der Waals surface area (Å²) in [7, 11) is 3.20. The highest BCUT2D eigenvalue weighted by molar-refractivity contribution is 14.2. The van der Waals surface area contributed by atoms with E-state index in [1.165, 1.54) is 20.1 Å². The van der Waals surface area contributed by atoms with Crippen LogP contribution >= 0.6 is 42.2 Å². The van der Waals surface area contributed by atoms with Gasteiger partial charge in [-0.15, -0.1) is 0 Å². The van der Waals surface area contributed by atoms with Crippen molar-refractivity contribution in [1.82, 2.24) is 5.32 Å². The molecule has 294 valence electrons. The quantitative estimate of drug-likeness (QED) is 0.0274. The lowest BCUT2D eigenvalue weighted by molar-refractivity contribution is -0.510. The monoisotopic (exact) mass is 884 g/mol. The second kappa shape index (κ2) is 22.6. The number of nitrogens with two attached hydrogens (primary N) is 2. The van der Waals surface area contributed by atoms with Gasteiger partial charge in [-0.05, 0) is 133 Å². The van der Waals surface area contributed by atoms with Crippen molar-refractivity contribution in [2.45, 2.75) is 128 Å². The van der Waals surface area contributed by atoms with Crippen molar-refractivity contribution in [3.05, 3.63) is 56.7 Å². The highest BCUT2D eigenvalue weighted by Gasteiger charge is 2.37. The van der Waals surface area contributed by atoms with Gasteiger partial charge in [0.25, 0.3) is 0 Å². The number of ether oxygens (including phenoxy) is 2. The fourth-order valence-electron chi connectivity index (χ4n) is 6.50. The molecule has 0 aromatic heterocycles. The smallest absolute Gasteiger partial charge is 0.407 e. The molecule has 3 aliphatic rings. The number of rotatable bonds is 9. The summed E-state index contributed by atoms with van der Waals surface area (Å²) < 4.78 is 20.6. The molecule has 15 heteroatoms. The number of nitrogens with zero attached hydrogens (tertiary/aromatic N) is 3. The molecule has 0 radical (unpaired) electrons. The first-order valence-corrected chi connectivity index (χ1v) is 22.1. The Labute approximate surface area is 336 Å². The minimum atomic E-state index is -0.543. The minimum Gasteiger partial charge on any atom is -0.490 e. The van der Waals surface area contributed by atoms with Gasteiger partial charge in [0.15, 0.2) is 0 Å². The number of amides is 1. The Bertz CT molecular complexity index is 1560. The Balaban J connectivity index is 0.000000441. The SMILES string of the molecule is C=NC1=C(C(N)=NC)C(C)(C)Cc2c1ccc(OC1CCC(NC(=O)OC(C)(C)C)CC1)c2CC.NCCC#CSI.O=[N+]([O-])C1C=CC(SO)CC1. The summed E-state index contributed by atoms with van der Waals surface area (Å²) in [6.07, 6.45) is 10.3. The number of carbonyl (C=O) groups excluding carboxylic acids is 1. The van der Waals surface area contributed by atoms with E-state index in [2.05, 4.69) is 87.3 Å². The number of fused-ring (bicyclic) bond motifs is 1. The molecule has 0 bridgehead atoms. The molecule has 53 heavy (non-hydrogen) atoms. The van der Waals surface area contributed by atoms with Crippen LogP contribution < -0.4 is 21.5 Å². The summed E-state index contributed by atoms with van der Waals surface area (Å²) in [6, 6.07) is 3.72. The van der Waals surface area contributed by atoms with Crippen molar-refractivity contribution in [2.24, 2.45) is 26.9 Å². The van der Waals surface area contributed by atoms with E-state index < -0.39 is 11.6 Å². The summed E-state index contributed by atoms with van der Waals surface area (Å²) in [4.78, 5) is 30.7. The number of amidine groups is 1. The maximum absolute atomic E-state index is 12.1. The van der Waals surface area contributed by atoms with Crippen LogP contribution in [0.2, 0.25) is 0 Å². The van der Waals surface area contributed by atoms with Crippen LogP contribution in [0.3, 0.4) is 0 Å². The first kappa shape index (κ1) is 46.4. The lowest BCUT2D eigenvalue weighted by atomic mass is 9.70. The number of carbonyl (C=O) groups is 1. The predicted molar refractivity (Wildman–Crippen MR) is 230 cm³/mol. The second-order valence-electron chi connectivity index (χ2n) is 14.6. The zero-order valence-corrected chi connectivity index (χ0v) is 35.9. The van der Waals surface area contributed by atoms with E-state index in [0.29, 0.717) is 25.2 Å². The highest BCUT2D eigenvalue weighted by Crippen LogP contribution is 2.46. The van der Waals surface area contributed by atoms with Crippen LogP contribution in [0.15, 0.2) is 39.8 Å². The third-order valence-electron chi connectivity index (χ3n) is 8.95. The molecule has 1 saturated carbocycles. The van der Waals surface area contributed by atoms with Gasteiger partial charge in [0.05, 0.1) is 11.8 Å². The fraction of sp³-hybridized carbons (Fsp3) is 0.605. The Morgan fingerprint density at radius 1 is 1.21 bits per heavy atom. The van der Waals surface area contributed by atoms with Gasteiger partial charge in [0, 0.05) is 75.0 Å². The average Bonchev–Trinajstić information content (AvgIpc) is 3.11. The first-order chi connectivity index (χ1) is 25.0. The lowest BCUT2D eigenvalue weighted by Crippen LogP contribution is -2.42. The highest BCUT2D eigenvalue weighted by atomic mass is 127. The maximum atomic E-state index is 12.1. The summed E-state index contributed by atoms with van der Waals surface area (Å²) in [5.41, 5.74) is 16.0. The topological polar surface area (TPSA) is 188 Å². The number of benzene rings is 1. The van der Waals surface area contributed by atoms with E-state index in [1.807, 2.05) is 20.8 Å². The molecule has 1 aromatic rings. The third-order valence-corrected chi connectivity index (χ3v) is 10.5. The van der Waals surface area contributed by atoms with Crippen molar-refractivity contribution >= 4 is 66.5 Å². The number of nitro groups is 1. The summed E-state index contributed by atoms with van der Waals surface area (Å²) in [6.45, 7) is 16.7. The standard InChI is InChI=1S/C28H42N4O3.C6H9NO3S.C4H6INS/c1-9-19-21-16-28(5,6)23(25(29)31-8)24(30-7)20(21)14-15-22(19)34-18-12-10-17(11-13-18)32-26(33)35-27(2,3)4;8-7(9)5-1-3-6(11-10)4-2-5;5-7-4-2-1-3-6/h14-15,17-18H,7,9-13,16H2,1-6,8H3,(H2,29,31)(H,32,33);1,3,5-6,10H,2,4H2;1,3,6H2. The van der Waals surface area contributed by atoms with Crippen molar-refractivity contribution in [1.29, 1.82) is 0 Å². The summed E-state index contributed by atoms with van der Waals surface area (Å²) >= 11 is 2.88. The summed E-state index contributed by atoms with van der Waals surface area (Å²) in [5.74, 6) is 4.32. The number of hydrogen-bond acceptors (Lipinski definition) is 11. The van der Waals surface area contributed by atoms with Crippen molar-refractivity contribution < 1.29 is 23.7 Å². The van der Waals surface area contributed by atoms with Gasteiger partial charge in [-0.1, -0.05) is 32.8 Å². The lowest BCUT2D eigenvalue weighted by Gasteiger charge is -2.37. The van der Waals surface area contributed by atoms with Gasteiger partial charge in [-0.3, -0.25) is 20.1 Å². The largest absolute Gasteiger partial charge is 0.490 e. The molecular formula is C38H57IN6O6S2. The van der Waals surface area contributed by atoms with Gasteiger partial charge in [-0.25, -0.2) is 4.79 Å². The van der Waals surface area contributed by atoms with Crippen LogP contribution in [0.5, 0.6) is 5.75 Å². The Hall–Kier alpha value is -2.78. The molecule has 2 atom stereocenters. The van der Waals surface area contributed by atoms with Crippen LogP contribution in [0.1, 0.15) is 103 Å². The molecule has 3 aliphatic carbocycles. The molecule has 0 spiro atoms. The average molecular weight is 885 g/mol. The fourth-order valence-corrected chi connectivity index (χ4v) is 7.52. The molecule has 12 nitrogen and oxygen atoms in total. The minimum absolute atomic E-state index is 0.0474. The zero-order valence-electron chi connectivity index (χ0n) is 32.1. The molecule has 0 saturated heterocycles. The van der Waals surface area contributed by atoms with Gasteiger partial charge >= 0.3 is 6.09 Å². The number of alkyl carbamates (subject to hydrolysis) is 1. The maximum Gasteiger partial charge on any atom is 0.407 e. The van der Waals surface area contributed by atoms with Gasteiger partial charge in [-0.2, -0.15) is 0 Å². The molecule has 4 rings (SSSR count). The molecular weight excluding hydrogens is 827 g/mol. The molecule has 0 aliphatic heterocycles. The third kappa shape index (κ3) is 14.8. The predicted octanol–water partition coefficient (Wildman–Crippen LogP) is 8.38. The Morgan fingerprint density at radius 3 is 2.38 bits per heavy atom. The molecule has 0 heterocycles. The normalized spacial score (nSPS) is 22.0. The van der Waals surface area contributed by atoms with Crippen molar-refractivity contribution in [2.75, 3.05) is 13.6 Å². The van der Waals surface area contributed by atoms with Crippen LogP contribution in [-0.4, -0.2) is 70.8 Å². The van der Waals surface area contributed by atoms with E-state index in [9.17, 15) is 14.9 Å². The van der Waals surface area contributed by atoms with Crippen LogP contribution in [-0.2, 0) is 17.6 Å². The van der Waals surface area contributed by atoms with Gasteiger partial charge in [0.2, 0.25) is 6.04 Å². The first-order valence-electron chi connectivity index (χ1n) is 17.9. The van der Waals surface area contributed by atoms with Crippen LogP contribution in [0, 0.1) is 26.7 Å². The number of hydrogen-bond donors (Lipinski definition) is 4.